The van der Waals surface area contributed by atoms with Gasteiger partial charge >= 0.3 is 0 Å². The highest BCUT2D eigenvalue weighted by atomic mass is 16.5. The molecule has 0 saturated carbocycles. The maximum Gasteiger partial charge on any atom is 0.261 e. The molecule has 0 aliphatic carbocycles. The third kappa shape index (κ3) is 2.80. The van der Waals surface area contributed by atoms with E-state index in [1.54, 1.807) is 35.7 Å². The Kier molecular flexibility index (Phi) is 4.10. The largest absolute Gasteiger partial charge is 0.497 e. The summed E-state index contributed by atoms with van der Waals surface area (Å²) in [6.45, 7) is 0.752. The van der Waals surface area contributed by atoms with Gasteiger partial charge in [0.25, 0.3) is 11.3 Å². The monoisotopic (exact) mass is 351 g/mol. The van der Waals surface area contributed by atoms with Gasteiger partial charge in [-0.3, -0.25) is 4.79 Å². The molecule has 0 aliphatic heterocycles. The normalized spacial score (nSPS) is 11.3. The molecule has 3 heterocycles. The quantitative estimate of drug-likeness (QED) is 0.544. The van der Waals surface area contributed by atoms with Crippen LogP contribution in [-0.4, -0.2) is 38.4 Å². The molecule has 0 spiro atoms. The van der Waals surface area contributed by atoms with Gasteiger partial charge in [-0.2, -0.15) is 9.50 Å². The predicted molar refractivity (Wildman–Crippen MR) is 95.4 cm³/mol. The molecule has 132 valence electrons. The summed E-state index contributed by atoms with van der Waals surface area (Å²) in [7, 11) is 3.20. The van der Waals surface area contributed by atoms with Crippen LogP contribution in [0.5, 0.6) is 5.75 Å². The molecule has 1 aromatic carbocycles. The number of ether oxygens (including phenoxy) is 2. The fourth-order valence-electron chi connectivity index (χ4n) is 2.84. The number of benzene rings is 1. The molecule has 0 N–H and O–H groups in total. The number of nitrogens with zero attached hydrogens (tertiary/aromatic N) is 5. The molecule has 0 unspecified atom stereocenters. The van der Waals surface area contributed by atoms with E-state index in [-0.39, 0.29) is 5.56 Å². The lowest BCUT2D eigenvalue weighted by Crippen LogP contribution is -2.21. The summed E-state index contributed by atoms with van der Waals surface area (Å²) in [5.74, 6) is 1.75. The molecule has 4 aromatic rings. The first-order valence-electron chi connectivity index (χ1n) is 8.05. The van der Waals surface area contributed by atoms with Gasteiger partial charge in [0.05, 0.1) is 24.6 Å². The number of rotatable bonds is 5. The third-order valence-electron chi connectivity index (χ3n) is 4.14. The van der Waals surface area contributed by atoms with E-state index in [1.807, 2.05) is 30.3 Å². The molecular formula is C18H17N5O3. The summed E-state index contributed by atoms with van der Waals surface area (Å²) in [4.78, 5) is 21.4. The van der Waals surface area contributed by atoms with Gasteiger partial charge in [-0.1, -0.05) is 12.1 Å². The number of methoxy groups -OCH3 is 2. The lowest BCUT2D eigenvalue weighted by atomic mass is 10.2. The van der Waals surface area contributed by atoms with Crippen LogP contribution in [0.4, 0.5) is 0 Å². The fourth-order valence-corrected chi connectivity index (χ4v) is 2.84. The molecule has 0 bridgehead atoms. The average molecular weight is 351 g/mol. The molecule has 3 aromatic heterocycles. The minimum Gasteiger partial charge on any atom is -0.497 e. The summed E-state index contributed by atoms with van der Waals surface area (Å²) >= 11 is 0. The van der Waals surface area contributed by atoms with Crippen LogP contribution in [0.15, 0.2) is 47.5 Å². The zero-order valence-electron chi connectivity index (χ0n) is 14.4. The minimum absolute atomic E-state index is 0.128. The maximum absolute atomic E-state index is 12.8. The summed E-state index contributed by atoms with van der Waals surface area (Å²) < 4.78 is 13.4. The van der Waals surface area contributed by atoms with Crippen LogP contribution >= 0.6 is 0 Å². The standard InChI is InChI=1S/C18H17N5O3/c1-25-11-16-20-18-19-9-14-15(23(18)21-16)7-8-22(17(14)24)10-12-3-5-13(26-2)6-4-12/h3-9H,10-11H2,1-2H3. The van der Waals surface area contributed by atoms with E-state index in [1.165, 1.54) is 0 Å². The van der Waals surface area contributed by atoms with Gasteiger partial charge in [0, 0.05) is 19.5 Å². The molecule has 0 saturated heterocycles. The van der Waals surface area contributed by atoms with Crippen molar-refractivity contribution < 1.29 is 9.47 Å². The molecule has 0 radical (unpaired) electrons. The van der Waals surface area contributed by atoms with Crippen LogP contribution in [0, 0.1) is 0 Å². The second kappa shape index (κ2) is 6.57. The molecule has 0 atom stereocenters. The Labute approximate surface area is 148 Å². The van der Waals surface area contributed by atoms with Crippen LogP contribution < -0.4 is 10.3 Å². The highest BCUT2D eigenvalue weighted by Gasteiger charge is 2.11. The highest BCUT2D eigenvalue weighted by Crippen LogP contribution is 2.14. The first-order chi connectivity index (χ1) is 12.7. The van der Waals surface area contributed by atoms with Gasteiger partial charge in [-0.15, -0.1) is 5.10 Å². The molecule has 8 heteroatoms. The molecule has 0 amide bonds. The zero-order chi connectivity index (χ0) is 18.1. The Bertz CT molecular complexity index is 1130. The fraction of sp³-hybridized carbons (Fsp3) is 0.222. The van der Waals surface area contributed by atoms with Crippen molar-refractivity contribution in [2.75, 3.05) is 14.2 Å². The summed E-state index contributed by atoms with van der Waals surface area (Å²) in [6.07, 6.45) is 3.30. The van der Waals surface area contributed by atoms with Gasteiger partial charge in [0.2, 0.25) is 0 Å². The molecular weight excluding hydrogens is 334 g/mol. The van der Waals surface area contributed by atoms with Crippen LogP contribution in [0.25, 0.3) is 16.7 Å². The van der Waals surface area contributed by atoms with E-state index in [0.29, 0.717) is 35.7 Å². The second-order valence-corrected chi connectivity index (χ2v) is 5.83. The molecule has 0 aliphatic rings. The Morgan fingerprint density at radius 2 is 1.92 bits per heavy atom. The smallest absolute Gasteiger partial charge is 0.261 e. The number of aromatic nitrogens is 5. The number of hydrogen-bond acceptors (Lipinski definition) is 6. The van der Waals surface area contributed by atoms with E-state index in [9.17, 15) is 4.79 Å². The van der Waals surface area contributed by atoms with Gasteiger partial charge in [-0.25, -0.2) is 4.98 Å². The van der Waals surface area contributed by atoms with E-state index >= 15 is 0 Å². The van der Waals surface area contributed by atoms with Gasteiger partial charge in [0.1, 0.15) is 12.4 Å². The van der Waals surface area contributed by atoms with Crippen LogP contribution in [0.2, 0.25) is 0 Å². The van der Waals surface area contributed by atoms with Crippen molar-refractivity contribution in [3.05, 3.63) is 64.5 Å². The van der Waals surface area contributed by atoms with Crippen molar-refractivity contribution >= 4 is 16.7 Å². The number of pyridine rings is 1. The SMILES string of the molecule is COCc1nc2ncc3c(=O)n(Cc4ccc(OC)cc4)ccc3n2n1. The van der Waals surface area contributed by atoms with Crippen molar-refractivity contribution in [2.24, 2.45) is 0 Å². The maximum atomic E-state index is 12.8. The molecule has 4 rings (SSSR count). The van der Waals surface area contributed by atoms with Crippen LogP contribution in [0.1, 0.15) is 11.4 Å². The topological polar surface area (TPSA) is 83.5 Å². The van der Waals surface area contributed by atoms with Gasteiger partial charge in [-0.05, 0) is 23.8 Å². The van der Waals surface area contributed by atoms with E-state index in [2.05, 4.69) is 15.1 Å². The van der Waals surface area contributed by atoms with Crippen molar-refractivity contribution in [1.29, 1.82) is 0 Å². The highest BCUT2D eigenvalue weighted by molar-refractivity contribution is 5.78. The zero-order valence-corrected chi connectivity index (χ0v) is 14.4. The molecule has 0 fully saturated rings. The molecule has 8 nitrogen and oxygen atoms in total. The number of fused-ring (bicyclic) bond motifs is 3. The van der Waals surface area contributed by atoms with Crippen LogP contribution in [0.3, 0.4) is 0 Å². The first-order valence-corrected chi connectivity index (χ1v) is 8.05. The Hall–Kier alpha value is -3.26. The second-order valence-electron chi connectivity index (χ2n) is 5.83. The van der Waals surface area contributed by atoms with Crippen molar-refractivity contribution in [3.8, 4) is 5.75 Å². The lowest BCUT2D eigenvalue weighted by molar-refractivity contribution is 0.178. The Morgan fingerprint density at radius 3 is 2.65 bits per heavy atom. The minimum atomic E-state index is -0.128. The predicted octanol–water partition coefficient (Wildman–Crippen LogP) is 1.64. The van der Waals surface area contributed by atoms with Crippen molar-refractivity contribution in [2.45, 2.75) is 13.2 Å². The molecule has 26 heavy (non-hydrogen) atoms. The van der Waals surface area contributed by atoms with Gasteiger partial charge in [0.15, 0.2) is 5.82 Å². The summed E-state index contributed by atoms with van der Waals surface area (Å²) in [5.41, 5.74) is 1.54. The first kappa shape index (κ1) is 16.2. The van der Waals surface area contributed by atoms with E-state index in [0.717, 1.165) is 11.3 Å². The lowest BCUT2D eigenvalue weighted by Gasteiger charge is -2.08. The average Bonchev–Trinajstić information content (AvgIpc) is 3.08. The van der Waals surface area contributed by atoms with Crippen molar-refractivity contribution in [3.63, 3.8) is 0 Å². The van der Waals surface area contributed by atoms with E-state index in [4.69, 9.17) is 9.47 Å². The Balaban J connectivity index is 1.76. The third-order valence-corrected chi connectivity index (χ3v) is 4.14. The Morgan fingerprint density at radius 1 is 1.12 bits per heavy atom. The number of hydrogen-bond donors (Lipinski definition) is 0. The van der Waals surface area contributed by atoms with Crippen molar-refractivity contribution in [1.82, 2.24) is 24.1 Å². The summed E-state index contributed by atoms with van der Waals surface area (Å²) in [6, 6.07) is 9.47. The van der Waals surface area contributed by atoms with Crippen LogP contribution in [-0.2, 0) is 17.9 Å². The van der Waals surface area contributed by atoms with Gasteiger partial charge < -0.3 is 14.0 Å². The summed E-state index contributed by atoms with van der Waals surface area (Å²) in [5, 5.41) is 4.85. The van der Waals surface area contributed by atoms with E-state index < -0.39 is 0 Å².